The molecule has 3 heteroatoms. The van der Waals surface area contributed by atoms with Gasteiger partial charge in [-0.2, -0.15) is 0 Å². The van der Waals surface area contributed by atoms with Crippen molar-refractivity contribution in [1.29, 1.82) is 0 Å². The van der Waals surface area contributed by atoms with E-state index in [1.807, 2.05) is 14.0 Å². The van der Waals surface area contributed by atoms with E-state index in [2.05, 4.69) is 11.9 Å². The first-order valence-corrected chi connectivity index (χ1v) is 4.71. The molecule has 0 spiro atoms. The van der Waals surface area contributed by atoms with E-state index >= 15 is 0 Å². The summed E-state index contributed by atoms with van der Waals surface area (Å²) < 4.78 is 12.9. The van der Waals surface area contributed by atoms with Gasteiger partial charge in [-0.05, 0) is 31.7 Å². The lowest BCUT2D eigenvalue weighted by Gasteiger charge is -2.16. The minimum atomic E-state index is -0.396. The summed E-state index contributed by atoms with van der Waals surface area (Å²) >= 11 is 5.69. The fraction of sp³-hybridized carbons (Fsp3) is 0.273. The van der Waals surface area contributed by atoms with Crippen LogP contribution in [0, 0.1) is 5.82 Å². The summed E-state index contributed by atoms with van der Waals surface area (Å²) in [5.41, 5.74) is 1.89. The van der Waals surface area contributed by atoms with Crippen molar-refractivity contribution < 1.29 is 4.39 Å². The van der Waals surface area contributed by atoms with E-state index in [9.17, 15) is 4.39 Å². The second-order valence-electron chi connectivity index (χ2n) is 3.24. The number of hydrogen-bond acceptors (Lipinski definition) is 1. The molecule has 0 aliphatic heterocycles. The van der Waals surface area contributed by atoms with Gasteiger partial charge in [-0.3, -0.25) is 0 Å². The largest absolute Gasteiger partial charge is 0.310 e. The number of benzene rings is 1. The maximum atomic E-state index is 12.9. The third kappa shape index (κ3) is 2.34. The van der Waals surface area contributed by atoms with Gasteiger partial charge in [0, 0.05) is 0 Å². The molecule has 0 aliphatic rings. The highest BCUT2D eigenvalue weighted by molar-refractivity contribution is 6.30. The molecule has 1 unspecified atom stereocenters. The van der Waals surface area contributed by atoms with Crippen LogP contribution in [0.25, 0.3) is 0 Å². The second-order valence-corrected chi connectivity index (χ2v) is 3.65. The van der Waals surface area contributed by atoms with E-state index in [1.165, 1.54) is 6.07 Å². The highest BCUT2D eigenvalue weighted by Gasteiger charge is 2.11. The molecular weight excluding hydrogens is 201 g/mol. The molecule has 0 aromatic heterocycles. The van der Waals surface area contributed by atoms with Gasteiger partial charge in [0.25, 0.3) is 0 Å². The monoisotopic (exact) mass is 213 g/mol. The van der Waals surface area contributed by atoms with E-state index in [-0.39, 0.29) is 11.1 Å². The lowest BCUT2D eigenvalue weighted by Crippen LogP contribution is -2.16. The quantitative estimate of drug-likeness (QED) is 0.760. The first-order valence-electron chi connectivity index (χ1n) is 4.34. The Morgan fingerprint density at radius 2 is 2.21 bits per heavy atom. The Bertz CT molecular complexity index is 349. The molecule has 0 saturated carbocycles. The minimum absolute atomic E-state index is 0.0214. The van der Waals surface area contributed by atoms with E-state index in [0.717, 1.165) is 11.1 Å². The van der Waals surface area contributed by atoms with Crippen LogP contribution in [-0.4, -0.2) is 7.05 Å². The average molecular weight is 214 g/mol. The van der Waals surface area contributed by atoms with Crippen molar-refractivity contribution in [3.63, 3.8) is 0 Å². The van der Waals surface area contributed by atoms with E-state index in [1.54, 1.807) is 12.1 Å². The van der Waals surface area contributed by atoms with Gasteiger partial charge >= 0.3 is 0 Å². The Kier molecular flexibility index (Phi) is 3.67. The Morgan fingerprint density at radius 3 is 2.64 bits per heavy atom. The number of nitrogens with one attached hydrogen (secondary N) is 1. The Morgan fingerprint density at radius 1 is 1.57 bits per heavy atom. The zero-order valence-corrected chi connectivity index (χ0v) is 9.03. The summed E-state index contributed by atoms with van der Waals surface area (Å²) in [4.78, 5) is 0. The summed E-state index contributed by atoms with van der Waals surface area (Å²) in [6.07, 6.45) is 0. The molecule has 76 valence electrons. The normalized spacial score (nSPS) is 12.6. The topological polar surface area (TPSA) is 12.0 Å². The molecule has 1 rings (SSSR count). The molecule has 0 saturated heterocycles. The third-order valence-electron chi connectivity index (χ3n) is 2.06. The Hall–Kier alpha value is -0.860. The molecule has 14 heavy (non-hydrogen) atoms. The van der Waals surface area contributed by atoms with Crippen LogP contribution in [-0.2, 0) is 0 Å². The fourth-order valence-electron chi connectivity index (χ4n) is 1.39. The van der Waals surface area contributed by atoms with E-state index < -0.39 is 5.82 Å². The van der Waals surface area contributed by atoms with Crippen LogP contribution < -0.4 is 5.32 Å². The van der Waals surface area contributed by atoms with Crippen molar-refractivity contribution in [3.8, 4) is 0 Å². The van der Waals surface area contributed by atoms with Crippen molar-refractivity contribution in [2.75, 3.05) is 7.05 Å². The molecule has 1 aromatic rings. The first kappa shape index (κ1) is 11.2. The van der Waals surface area contributed by atoms with Crippen LogP contribution in [0.3, 0.4) is 0 Å². The molecular formula is C11H13ClFN. The van der Waals surface area contributed by atoms with Gasteiger partial charge in [0.1, 0.15) is 5.82 Å². The smallest absolute Gasteiger partial charge is 0.141 e. The average Bonchev–Trinajstić information content (AvgIpc) is 2.11. The molecule has 1 N–H and O–H groups in total. The van der Waals surface area contributed by atoms with Crippen LogP contribution in [0.4, 0.5) is 4.39 Å². The molecule has 1 atom stereocenters. The van der Waals surface area contributed by atoms with Crippen LogP contribution >= 0.6 is 11.6 Å². The van der Waals surface area contributed by atoms with Crippen LogP contribution in [0.2, 0.25) is 5.02 Å². The van der Waals surface area contributed by atoms with Crippen molar-refractivity contribution in [1.82, 2.24) is 5.32 Å². The second kappa shape index (κ2) is 4.58. The van der Waals surface area contributed by atoms with Crippen LogP contribution in [0.1, 0.15) is 18.5 Å². The zero-order valence-electron chi connectivity index (χ0n) is 8.27. The minimum Gasteiger partial charge on any atom is -0.310 e. The van der Waals surface area contributed by atoms with Crippen molar-refractivity contribution >= 4 is 11.6 Å². The molecule has 0 aliphatic carbocycles. The highest BCUT2D eigenvalue weighted by atomic mass is 35.5. The van der Waals surface area contributed by atoms with E-state index in [0.29, 0.717) is 0 Å². The van der Waals surface area contributed by atoms with Crippen LogP contribution in [0.5, 0.6) is 0 Å². The van der Waals surface area contributed by atoms with Crippen molar-refractivity contribution in [2.24, 2.45) is 0 Å². The Labute approximate surface area is 88.6 Å². The molecule has 1 nitrogen and oxygen atoms in total. The number of likely N-dealkylation sites (N-methyl/N-ethyl adjacent to an activating group) is 1. The summed E-state index contributed by atoms with van der Waals surface area (Å²) in [6, 6.07) is 4.71. The summed E-state index contributed by atoms with van der Waals surface area (Å²) in [5, 5.41) is 3.23. The molecule has 1 aromatic carbocycles. The van der Waals surface area contributed by atoms with Gasteiger partial charge in [0.05, 0.1) is 11.1 Å². The Balaban J connectivity index is 3.06. The maximum absolute atomic E-state index is 12.9. The summed E-state index contributed by atoms with van der Waals surface area (Å²) in [5.74, 6) is -0.396. The molecule has 0 heterocycles. The van der Waals surface area contributed by atoms with Gasteiger partial charge in [0.2, 0.25) is 0 Å². The molecule has 0 amide bonds. The van der Waals surface area contributed by atoms with Gasteiger partial charge in [0.15, 0.2) is 0 Å². The molecule has 0 fully saturated rings. The number of hydrogen-bond donors (Lipinski definition) is 1. The summed E-state index contributed by atoms with van der Waals surface area (Å²) in [7, 11) is 1.83. The van der Waals surface area contributed by atoms with Gasteiger partial charge < -0.3 is 5.32 Å². The highest BCUT2D eigenvalue weighted by Crippen LogP contribution is 2.24. The molecule has 0 bridgehead atoms. The van der Waals surface area contributed by atoms with E-state index in [4.69, 9.17) is 11.6 Å². The third-order valence-corrected chi connectivity index (χ3v) is 2.35. The fourth-order valence-corrected chi connectivity index (χ4v) is 1.58. The predicted octanol–water partition coefficient (Wildman–Crippen LogP) is 3.32. The standard InChI is InChI=1S/C11H13ClFN/c1-7(2)11(14-3)8-4-5-10(13)9(12)6-8/h4-6,11,14H,1H2,2-3H3. The zero-order chi connectivity index (χ0) is 10.7. The predicted molar refractivity (Wildman–Crippen MR) is 58.0 cm³/mol. The van der Waals surface area contributed by atoms with Crippen molar-refractivity contribution in [3.05, 3.63) is 46.8 Å². The summed E-state index contributed by atoms with van der Waals surface area (Å²) in [6.45, 7) is 5.77. The van der Waals surface area contributed by atoms with Gasteiger partial charge in [-0.15, -0.1) is 0 Å². The van der Waals surface area contributed by atoms with Gasteiger partial charge in [-0.25, -0.2) is 4.39 Å². The number of halogens is 2. The van der Waals surface area contributed by atoms with Crippen molar-refractivity contribution in [2.45, 2.75) is 13.0 Å². The lowest BCUT2D eigenvalue weighted by molar-refractivity contribution is 0.623. The van der Waals surface area contributed by atoms with Crippen LogP contribution in [0.15, 0.2) is 30.4 Å². The SMILES string of the molecule is C=C(C)C(NC)c1ccc(F)c(Cl)c1. The van der Waals surface area contributed by atoms with Gasteiger partial charge in [-0.1, -0.05) is 29.8 Å². The maximum Gasteiger partial charge on any atom is 0.141 e. The molecule has 0 radical (unpaired) electrons. The number of rotatable bonds is 3. The lowest BCUT2D eigenvalue weighted by atomic mass is 10.0. The first-order chi connectivity index (χ1) is 6.56.